The molecule has 114 valence electrons. The highest BCUT2D eigenvalue weighted by Crippen LogP contribution is 2.29. The first-order chi connectivity index (χ1) is 9.60. The van der Waals surface area contributed by atoms with Gasteiger partial charge in [-0.15, -0.1) is 0 Å². The molecular weight excluding hydrogens is 258 g/mol. The van der Waals surface area contributed by atoms with Crippen LogP contribution in [0.1, 0.15) is 26.2 Å². The Morgan fingerprint density at radius 2 is 2.25 bits per heavy atom. The van der Waals surface area contributed by atoms with E-state index >= 15 is 0 Å². The smallest absolute Gasteiger partial charge is 0.319 e. The highest BCUT2D eigenvalue weighted by atomic mass is 16.5. The van der Waals surface area contributed by atoms with Gasteiger partial charge in [-0.2, -0.15) is 0 Å². The summed E-state index contributed by atoms with van der Waals surface area (Å²) in [4.78, 5) is 27.0. The molecule has 0 bridgehead atoms. The van der Waals surface area contributed by atoms with Gasteiger partial charge in [0.25, 0.3) is 0 Å². The zero-order valence-corrected chi connectivity index (χ0v) is 12.4. The number of carbonyl (C=O) groups is 2. The van der Waals surface area contributed by atoms with Crippen LogP contribution in [0.5, 0.6) is 0 Å². The summed E-state index contributed by atoms with van der Waals surface area (Å²) in [6.45, 7) is 4.58. The molecule has 0 aromatic carbocycles. The van der Waals surface area contributed by atoms with E-state index in [9.17, 15) is 9.59 Å². The van der Waals surface area contributed by atoms with E-state index < -0.39 is 0 Å². The van der Waals surface area contributed by atoms with Gasteiger partial charge in [-0.1, -0.05) is 13.3 Å². The molecule has 1 aliphatic carbocycles. The van der Waals surface area contributed by atoms with E-state index in [1.54, 1.807) is 16.9 Å². The third-order valence-electron chi connectivity index (χ3n) is 4.22. The molecule has 6 heteroatoms. The van der Waals surface area contributed by atoms with Crippen molar-refractivity contribution in [2.45, 2.75) is 26.2 Å². The van der Waals surface area contributed by atoms with E-state index in [0.29, 0.717) is 25.7 Å². The number of carbonyl (C=O) groups excluding carboxylic acids is 2. The minimum absolute atomic E-state index is 0.00770. The van der Waals surface area contributed by atoms with Gasteiger partial charge in [-0.05, 0) is 24.7 Å². The van der Waals surface area contributed by atoms with Crippen LogP contribution in [0.15, 0.2) is 0 Å². The second-order valence-corrected chi connectivity index (χ2v) is 5.96. The Morgan fingerprint density at radius 3 is 2.90 bits per heavy atom. The number of rotatable bonds is 5. The molecule has 2 atom stereocenters. The maximum Gasteiger partial charge on any atom is 0.319 e. The van der Waals surface area contributed by atoms with Gasteiger partial charge in [0.2, 0.25) is 5.91 Å². The van der Waals surface area contributed by atoms with Crippen LogP contribution < -0.4 is 5.32 Å². The van der Waals surface area contributed by atoms with Crippen molar-refractivity contribution in [3.05, 3.63) is 0 Å². The predicted octanol–water partition coefficient (Wildman–Crippen LogP) is 0.880. The van der Waals surface area contributed by atoms with Gasteiger partial charge >= 0.3 is 6.03 Å². The van der Waals surface area contributed by atoms with Crippen LogP contribution in [0.2, 0.25) is 0 Å². The average Bonchev–Trinajstić information content (AvgIpc) is 3.00. The largest absolute Gasteiger partial charge is 0.383 e. The molecule has 1 saturated carbocycles. The summed E-state index contributed by atoms with van der Waals surface area (Å²) >= 11 is 0. The summed E-state index contributed by atoms with van der Waals surface area (Å²) in [7, 11) is 1.60. The molecule has 0 aromatic rings. The standard InChI is InChI=1S/C14H25N3O3/c1-11-3-4-12(7-11)8-15-14(19)17-9-13(18)16(10-17)5-6-20-2/h11-12H,3-10H2,1-2H3,(H,15,19)/t11-,12+/m1/s1. The van der Waals surface area contributed by atoms with E-state index in [1.807, 2.05) is 0 Å². The number of hydrogen-bond acceptors (Lipinski definition) is 3. The van der Waals surface area contributed by atoms with Crippen molar-refractivity contribution in [2.75, 3.05) is 40.0 Å². The van der Waals surface area contributed by atoms with Gasteiger partial charge in [0.15, 0.2) is 0 Å². The SMILES string of the molecule is COCCN1CN(C(=O)NC[C@H]2CC[C@@H](C)C2)CC1=O. The van der Waals surface area contributed by atoms with Gasteiger partial charge in [0.05, 0.1) is 13.3 Å². The van der Waals surface area contributed by atoms with Crippen LogP contribution in [0, 0.1) is 11.8 Å². The quantitative estimate of drug-likeness (QED) is 0.815. The van der Waals surface area contributed by atoms with Crippen molar-refractivity contribution in [3.63, 3.8) is 0 Å². The van der Waals surface area contributed by atoms with Crippen LogP contribution in [0.3, 0.4) is 0 Å². The predicted molar refractivity (Wildman–Crippen MR) is 75.1 cm³/mol. The highest BCUT2D eigenvalue weighted by Gasteiger charge is 2.31. The number of methoxy groups -OCH3 is 1. The Kier molecular flexibility index (Phi) is 5.23. The molecule has 0 aromatic heterocycles. The third-order valence-corrected chi connectivity index (χ3v) is 4.22. The maximum absolute atomic E-state index is 12.1. The van der Waals surface area contributed by atoms with Gasteiger partial charge in [0.1, 0.15) is 6.54 Å². The fourth-order valence-corrected chi connectivity index (χ4v) is 2.98. The fourth-order valence-electron chi connectivity index (χ4n) is 2.98. The van der Waals surface area contributed by atoms with E-state index in [-0.39, 0.29) is 18.5 Å². The Bertz CT molecular complexity index is 362. The zero-order valence-electron chi connectivity index (χ0n) is 12.4. The molecule has 1 heterocycles. The summed E-state index contributed by atoms with van der Waals surface area (Å²) < 4.78 is 4.96. The highest BCUT2D eigenvalue weighted by molar-refractivity contribution is 5.87. The van der Waals surface area contributed by atoms with Crippen molar-refractivity contribution in [1.82, 2.24) is 15.1 Å². The molecule has 2 rings (SSSR count). The fraction of sp³-hybridized carbons (Fsp3) is 0.857. The van der Waals surface area contributed by atoms with Crippen LogP contribution in [-0.4, -0.2) is 61.8 Å². The number of urea groups is 1. The minimum Gasteiger partial charge on any atom is -0.383 e. The van der Waals surface area contributed by atoms with E-state index in [4.69, 9.17) is 4.74 Å². The third kappa shape index (κ3) is 3.85. The molecule has 1 N–H and O–H groups in total. The number of hydrogen-bond donors (Lipinski definition) is 1. The average molecular weight is 283 g/mol. The molecule has 3 amide bonds. The molecular formula is C14H25N3O3. The molecule has 2 aliphatic rings. The number of nitrogens with one attached hydrogen (secondary N) is 1. The molecule has 20 heavy (non-hydrogen) atoms. The second kappa shape index (κ2) is 6.92. The lowest BCUT2D eigenvalue weighted by Gasteiger charge is -2.19. The molecule has 2 fully saturated rings. The molecule has 6 nitrogen and oxygen atoms in total. The number of amides is 3. The summed E-state index contributed by atoms with van der Waals surface area (Å²) in [5.41, 5.74) is 0. The lowest BCUT2D eigenvalue weighted by atomic mass is 10.1. The summed E-state index contributed by atoms with van der Waals surface area (Å²) in [5, 5.41) is 2.96. The molecule has 0 radical (unpaired) electrons. The zero-order chi connectivity index (χ0) is 14.5. The summed E-state index contributed by atoms with van der Waals surface area (Å²) in [6.07, 6.45) is 3.65. The van der Waals surface area contributed by atoms with E-state index in [2.05, 4.69) is 12.2 Å². The number of ether oxygens (including phenoxy) is 1. The first-order valence-corrected chi connectivity index (χ1v) is 7.39. The summed E-state index contributed by atoms with van der Waals surface area (Å²) in [6, 6.07) is -0.127. The van der Waals surface area contributed by atoms with Crippen molar-refractivity contribution in [2.24, 2.45) is 11.8 Å². The van der Waals surface area contributed by atoms with Crippen molar-refractivity contribution in [1.29, 1.82) is 0 Å². The van der Waals surface area contributed by atoms with Crippen LogP contribution in [-0.2, 0) is 9.53 Å². The lowest BCUT2D eigenvalue weighted by Crippen LogP contribution is -2.41. The second-order valence-electron chi connectivity index (χ2n) is 5.96. The molecule has 1 saturated heterocycles. The van der Waals surface area contributed by atoms with Crippen LogP contribution in [0.25, 0.3) is 0 Å². The van der Waals surface area contributed by atoms with Gasteiger partial charge < -0.3 is 15.0 Å². The van der Waals surface area contributed by atoms with Gasteiger partial charge in [0, 0.05) is 20.2 Å². The number of nitrogens with zero attached hydrogens (tertiary/aromatic N) is 2. The Morgan fingerprint density at radius 1 is 1.45 bits per heavy atom. The van der Waals surface area contributed by atoms with E-state index in [0.717, 1.165) is 12.5 Å². The molecule has 0 spiro atoms. The Labute approximate surface area is 120 Å². The van der Waals surface area contributed by atoms with Gasteiger partial charge in [-0.25, -0.2) is 4.79 Å². The topological polar surface area (TPSA) is 61.9 Å². The summed E-state index contributed by atoms with van der Waals surface area (Å²) in [5.74, 6) is 1.36. The molecule has 0 unspecified atom stereocenters. The molecule has 1 aliphatic heterocycles. The van der Waals surface area contributed by atoms with Crippen molar-refractivity contribution in [3.8, 4) is 0 Å². The lowest BCUT2D eigenvalue weighted by molar-refractivity contribution is -0.127. The minimum atomic E-state index is -0.127. The maximum atomic E-state index is 12.1. The Balaban J connectivity index is 1.72. The normalized spacial score (nSPS) is 26.4. The Hall–Kier alpha value is -1.30. The first kappa shape index (κ1) is 15.1. The van der Waals surface area contributed by atoms with Gasteiger partial charge in [-0.3, -0.25) is 9.69 Å². The van der Waals surface area contributed by atoms with Crippen molar-refractivity contribution < 1.29 is 14.3 Å². The monoisotopic (exact) mass is 283 g/mol. The van der Waals surface area contributed by atoms with Crippen LogP contribution >= 0.6 is 0 Å². The van der Waals surface area contributed by atoms with E-state index in [1.165, 1.54) is 19.3 Å². The first-order valence-electron chi connectivity index (χ1n) is 7.39. The van der Waals surface area contributed by atoms with Crippen LogP contribution in [0.4, 0.5) is 4.79 Å². The van der Waals surface area contributed by atoms with Crippen molar-refractivity contribution >= 4 is 11.9 Å².